The molecule has 0 unspecified atom stereocenters. The summed E-state index contributed by atoms with van der Waals surface area (Å²) in [5.41, 5.74) is -0.783. The molecule has 0 saturated carbocycles. The summed E-state index contributed by atoms with van der Waals surface area (Å²) in [7, 11) is -6.09. The molecule has 9 heteroatoms. The minimum Gasteiger partial charge on any atom is -0.741 e. The molecule has 0 spiro atoms. The first kappa shape index (κ1) is 27.0. The summed E-state index contributed by atoms with van der Waals surface area (Å²) in [6.45, 7) is 0. The van der Waals surface area contributed by atoms with Gasteiger partial charge in [0.2, 0.25) is 0 Å². The third-order valence-electron chi connectivity index (χ3n) is 4.44. The fourth-order valence-electron chi connectivity index (χ4n) is 2.93. The molecule has 0 aliphatic carbocycles. The van der Waals surface area contributed by atoms with Crippen LogP contribution in [0.2, 0.25) is 0 Å². The van der Waals surface area contributed by atoms with Gasteiger partial charge in [-0.3, -0.25) is 0 Å². The van der Waals surface area contributed by atoms with Crippen LogP contribution < -0.4 is 4.74 Å². The van der Waals surface area contributed by atoms with Gasteiger partial charge < -0.3 is 9.29 Å². The number of alkyl halides is 3. The minimum absolute atomic E-state index is 0. The van der Waals surface area contributed by atoms with Crippen LogP contribution in [0.5, 0.6) is 11.5 Å². The lowest BCUT2D eigenvalue weighted by Gasteiger charge is -2.11. The van der Waals surface area contributed by atoms with Crippen LogP contribution in [-0.4, -0.2) is 18.5 Å². The zero-order valence-electron chi connectivity index (χ0n) is 17.6. The van der Waals surface area contributed by atoms with Gasteiger partial charge in [-0.25, -0.2) is 8.42 Å². The maximum absolute atomic E-state index is 10.7. The molecule has 0 aliphatic heterocycles. The highest BCUT2D eigenvalue weighted by molar-refractivity contribution is 7.86. The van der Waals surface area contributed by atoms with E-state index in [2.05, 4.69) is 60.7 Å². The fraction of sp³-hybridized carbons (Fsp3) is 0.0400. The van der Waals surface area contributed by atoms with Gasteiger partial charge in [0.05, 0.1) is 0 Å². The van der Waals surface area contributed by atoms with Gasteiger partial charge in [0.1, 0.15) is 11.5 Å². The van der Waals surface area contributed by atoms with Crippen molar-refractivity contribution in [3.8, 4) is 33.8 Å². The number of para-hydroxylation sites is 1. The predicted octanol–water partition coefficient (Wildman–Crippen LogP) is 6.06. The van der Waals surface area contributed by atoms with Gasteiger partial charge in [-0.15, -0.1) is 0 Å². The van der Waals surface area contributed by atoms with Crippen molar-refractivity contribution in [1.82, 2.24) is 0 Å². The van der Waals surface area contributed by atoms with Gasteiger partial charge in [0.25, 0.3) is 0 Å². The van der Waals surface area contributed by atoms with E-state index in [0.717, 1.165) is 11.5 Å². The molecule has 0 radical (unpaired) electrons. The number of hydrogen-bond donors (Lipinski definition) is 0. The molecule has 4 nitrogen and oxygen atoms in total. The van der Waals surface area contributed by atoms with E-state index in [4.69, 9.17) is 17.7 Å². The van der Waals surface area contributed by atoms with Gasteiger partial charge in [-0.2, -0.15) is 13.2 Å². The van der Waals surface area contributed by atoms with E-state index in [1.807, 2.05) is 48.5 Å². The Bertz CT molecular complexity index is 1280. The summed E-state index contributed by atoms with van der Waals surface area (Å²) in [6, 6.07) is 37.1. The number of hydrogen-bond acceptors (Lipinski definition) is 4. The van der Waals surface area contributed by atoms with E-state index in [0.29, 0.717) is 0 Å². The normalized spacial score (nSPS) is 10.9. The largest absolute Gasteiger partial charge is 0.741 e. The molecular weight excluding hydrogens is 485 g/mol. The second kappa shape index (κ2) is 11.7. The second-order valence-electron chi connectivity index (χ2n) is 6.75. The first-order valence-electron chi connectivity index (χ1n) is 9.65. The monoisotopic (exact) mass is 506 g/mol. The minimum atomic E-state index is -6.09. The molecular formula is C25H21F3O4S2. The highest BCUT2D eigenvalue weighted by Gasteiger charge is 2.36. The van der Waals surface area contributed by atoms with Crippen LogP contribution >= 0.6 is 0 Å². The van der Waals surface area contributed by atoms with E-state index < -0.39 is 15.6 Å². The Morgan fingerprint density at radius 1 is 0.588 bits per heavy atom. The van der Waals surface area contributed by atoms with Gasteiger partial charge >= 0.3 is 5.51 Å². The molecule has 4 aromatic carbocycles. The van der Waals surface area contributed by atoms with Gasteiger partial charge in [-0.1, -0.05) is 98.4 Å². The van der Waals surface area contributed by atoms with Gasteiger partial charge in [0.15, 0.2) is 10.1 Å². The topological polar surface area (TPSA) is 66.4 Å². The Labute approximate surface area is 202 Å². The lowest BCUT2D eigenvalue weighted by atomic mass is 9.95. The molecule has 0 heterocycles. The quantitative estimate of drug-likeness (QED) is 0.192. The molecule has 0 saturated heterocycles. The number of benzene rings is 4. The average molecular weight is 507 g/mol. The number of rotatable bonds is 4. The van der Waals surface area contributed by atoms with Crippen LogP contribution in [-0.2, 0) is 23.6 Å². The zero-order valence-corrected chi connectivity index (χ0v) is 19.6. The molecule has 0 fully saturated rings. The summed E-state index contributed by atoms with van der Waals surface area (Å²) in [4.78, 5) is 0. The molecule has 4 rings (SSSR count). The molecule has 4 aromatic rings. The van der Waals surface area contributed by atoms with Crippen molar-refractivity contribution >= 4 is 23.6 Å². The highest BCUT2D eigenvalue weighted by Crippen LogP contribution is 2.33. The highest BCUT2D eigenvalue weighted by atomic mass is 32.2. The molecule has 0 bridgehead atoms. The predicted molar refractivity (Wildman–Crippen MR) is 131 cm³/mol. The van der Waals surface area contributed by atoms with Crippen molar-refractivity contribution in [2.45, 2.75) is 5.51 Å². The summed E-state index contributed by atoms with van der Waals surface area (Å²) in [6.07, 6.45) is 0. The van der Waals surface area contributed by atoms with Crippen LogP contribution in [0.25, 0.3) is 22.3 Å². The summed E-state index contributed by atoms with van der Waals surface area (Å²) < 4.78 is 64.8. The number of halogens is 3. The van der Waals surface area contributed by atoms with Crippen molar-refractivity contribution in [2.75, 3.05) is 0 Å². The average Bonchev–Trinajstić information content (AvgIpc) is 2.80. The third-order valence-corrected chi connectivity index (χ3v) is 5.01. The number of ether oxygens (including phenoxy) is 1. The maximum atomic E-state index is 10.7. The van der Waals surface area contributed by atoms with Crippen molar-refractivity contribution in [3.05, 3.63) is 109 Å². The lowest BCUT2D eigenvalue weighted by Crippen LogP contribution is -2.21. The summed E-state index contributed by atoms with van der Waals surface area (Å²) in [5, 5.41) is 0. The Hall–Kier alpha value is -3.27. The van der Waals surface area contributed by atoms with E-state index in [-0.39, 0.29) is 13.5 Å². The van der Waals surface area contributed by atoms with Crippen LogP contribution in [0.15, 0.2) is 109 Å². The maximum Gasteiger partial charge on any atom is 0.485 e. The Kier molecular flexibility index (Phi) is 9.31. The van der Waals surface area contributed by atoms with Crippen molar-refractivity contribution in [2.24, 2.45) is 0 Å². The Morgan fingerprint density at radius 2 is 0.941 bits per heavy atom. The van der Waals surface area contributed by atoms with E-state index in [1.54, 1.807) is 0 Å². The van der Waals surface area contributed by atoms with Gasteiger partial charge in [-0.05, 0) is 46.5 Å². The fourth-order valence-corrected chi connectivity index (χ4v) is 2.93. The zero-order chi connectivity index (χ0) is 23.9. The molecule has 0 aromatic heterocycles. The van der Waals surface area contributed by atoms with Gasteiger partial charge in [0, 0.05) is 0 Å². The van der Waals surface area contributed by atoms with E-state index >= 15 is 0 Å². The summed E-state index contributed by atoms with van der Waals surface area (Å²) in [5.74, 6) is 1.69. The standard InChI is InChI=1S/C24H18O.CHF3O3S.H2S/c1-3-9-19(10-4-1)23-13-7-8-14-24(23)20-15-17-22(18-16-20)25-21-11-5-2-6-12-21;2-1(3,4)8(5,6)7;/h1-18H;(H,5,6,7);1H2. The SMILES string of the molecule is O=S(=O)([O-])C(F)(F)F.[SH3+].c1ccc(Oc2ccc(-c3ccccc3-c3ccccc3)cc2)cc1. The van der Waals surface area contributed by atoms with Crippen LogP contribution in [0.3, 0.4) is 0 Å². The molecule has 0 amide bonds. The van der Waals surface area contributed by atoms with Crippen molar-refractivity contribution < 1.29 is 30.9 Å². The third kappa shape index (κ3) is 7.38. The first-order valence-corrected chi connectivity index (χ1v) is 11.1. The van der Waals surface area contributed by atoms with Crippen molar-refractivity contribution in [1.29, 1.82) is 0 Å². The van der Waals surface area contributed by atoms with Crippen LogP contribution in [0.4, 0.5) is 13.2 Å². The smallest absolute Gasteiger partial charge is 0.485 e. The first-order chi connectivity index (χ1) is 15.6. The van der Waals surface area contributed by atoms with E-state index in [1.165, 1.54) is 22.3 Å². The molecule has 34 heavy (non-hydrogen) atoms. The second-order valence-corrected chi connectivity index (χ2v) is 8.12. The van der Waals surface area contributed by atoms with Crippen LogP contribution in [0.1, 0.15) is 0 Å². The van der Waals surface area contributed by atoms with E-state index in [9.17, 15) is 13.2 Å². The summed E-state index contributed by atoms with van der Waals surface area (Å²) >= 11 is 0. The Balaban J connectivity index is 0.000000394. The van der Waals surface area contributed by atoms with Crippen LogP contribution in [0, 0.1) is 0 Å². The molecule has 0 N–H and O–H groups in total. The Morgan fingerprint density at radius 3 is 1.38 bits per heavy atom. The molecule has 0 aliphatic rings. The van der Waals surface area contributed by atoms with Crippen molar-refractivity contribution in [3.63, 3.8) is 0 Å². The lowest BCUT2D eigenvalue weighted by molar-refractivity contribution is -0.0517. The molecule has 0 atom stereocenters. The molecule has 178 valence electrons.